The van der Waals surface area contributed by atoms with Crippen LogP contribution in [0, 0.1) is 0 Å². The first-order chi connectivity index (χ1) is 24.7. The van der Waals surface area contributed by atoms with Gasteiger partial charge in [-0.15, -0.1) is 0 Å². The molecule has 10 rings (SSSR count). The van der Waals surface area contributed by atoms with Gasteiger partial charge in [-0.2, -0.15) is 0 Å². The number of rotatable bonds is 5. The Hall–Kier alpha value is -6.85. The Bertz CT molecular complexity index is 2870. The highest BCUT2D eigenvalue weighted by atomic mass is 16.3. The Balaban J connectivity index is 1.15. The van der Waals surface area contributed by atoms with Crippen molar-refractivity contribution >= 4 is 43.9 Å². The minimum atomic E-state index is 0.587. The molecule has 7 aromatic carbocycles. The van der Waals surface area contributed by atoms with Crippen LogP contribution in [0.4, 0.5) is 0 Å². The first kappa shape index (κ1) is 28.2. The van der Waals surface area contributed by atoms with E-state index in [1.165, 1.54) is 0 Å². The van der Waals surface area contributed by atoms with Gasteiger partial charge in [-0.3, -0.25) is 0 Å². The Kier molecular flexibility index (Phi) is 6.42. The van der Waals surface area contributed by atoms with Crippen LogP contribution in [0.2, 0.25) is 0 Å². The topological polar surface area (TPSA) is 65.0 Å². The van der Waals surface area contributed by atoms with Gasteiger partial charge >= 0.3 is 0 Å². The lowest BCUT2D eigenvalue weighted by Gasteiger charge is -2.10. The van der Waals surface area contributed by atoms with Crippen LogP contribution < -0.4 is 0 Å². The lowest BCUT2D eigenvalue weighted by atomic mass is 10.00. The summed E-state index contributed by atoms with van der Waals surface area (Å²) in [5, 5.41) is 4.19. The maximum Gasteiger partial charge on any atom is 0.164 e. The number of furan rings is 2. The predicted octanol–water partition coefficient (Wildman–Crippen LogP) is 12.0. The van der Waals surface area contributed by atoms with Crippen LogP contribution in [0.3, 0.4) is 0 Å². The van der Waals surface area contributed by atoms with Crippen molar-refractivity contribution in [2.24, 2.45) is 0 Å². The summed E-state index contributed by atoms with van der Waals surface area (Å²) < 4.78 is 12.5. The van der Waals surface area contributed by atoms with Gasteiger partial charge in [0.25, 0.3) is 0 Å². The Morgan fingerprint density at radius 3 is 1.64 bits per heavy atom. The molecule has 0 N–H and O–H groups in total. The zero-order chi connectivity index (χ0) is 33.0. The van der Waals surface area contributed by atoms with Crippen LogP contribution in [0.25, 0.3) is 100 Å². The molecule has 0 radical (unpaired) electrons. The van der Waals surface area contributed by atoms with E-state index in [4.69, 9.17) is 23.8 Å². The summed E-state index contributed by atoms with van der Waals surface area (Å²) in [4.78, 5) is 15.3. The van der Waals surface area contributed by atoms with Gasteiger partial charge in [-0.25, -0.2) is 15.0 Å². The molecule has 0 spiro atoms. The van der Waals surface area contributed by atoms with Crippen molar-refractivity contribution in [1.82, 2.24) is 15.0 Å². The van der Waals surface area contributed by atoms with Crippen LogP contribution in [0.15, 0.2) is 173 Å². The summed E-state index contributed by atoms with van der Waals surface area (Å²) in [7, 11) is 0. The van der Waals surface area contributed by atoms with Gasteiger partial charge in [0.15, 0.2) is 17.5 Å². The SMILES string of the molecule is c1ccc(-c2ccc3oc4cccc(-c5nc(-c6ccccc6)nc(-c6cccc(-c7ccc8oc9ccccc9c8c7)c6)n5)c4c3c2)cc1. The highest BCUT2D eigenvalue weighted by molar-refractivity contribution is 6.13. The maximum absolute atomic E-state index is 6.37. The molecule has 0 atom stereocenters. The van der Waals surface area contributed by atoms with E-state index in [9.17, 15) is 0 Å². The monoisotopic (exact) mass is 641 g/mol. The van der Waals surface area contributed by atoms with Gasteiger partial charge in [-0.05, 0) is 64.7 Å². The lowest BCUT2D eigenvalue weighted by molar-refractivity contribution is 0.668. The van der Waals surface area contributed by atoms with Crippen molar-refractivity contribution in [1.29, 1.82) is 0 Å². The molecule has 5 heteroatoms. The first-order valence-corrected chi connectivity index (χ1v) is 16.6. The molecule has 0 bridgehead atoms. The fraction of sp³-hybridized carbons (Fsp3) is 0. The molecule has 0 fully saturated rings. The van der Waals surface area contributed by atoms with Crippen molar-refractivity contribution in [3.63, 3.8) is 0 Å². The highest BCUT2D eigenvalue weighted by Crippen LogP contribution is 2.39. The van der Waals surface area contributed by atoms with Crippen molar-refractivity contribution in [2.45, 2.75) is 0 Å². The number of aromatic nitrogens is 3. The molecule has 0 saturated heterocycles. The average molecular weight is 642 g/mol. The maximum atomic E-state index is 6.37. The van der Waals surface area contributed by atoms with E-state index < -0.39 is 0 Å². The third-order valence-corrected chi connectivity index (χ3v) is 9.34. The van der Waals surface area contributed by atoms with Crippen molar-refractivity contribution in [3.05, 3.63) is 164 Å². The molecule has 10 aromatic rings. The van der Waals surface area contributed by atoms with Crippen LogP contribution in [-0.2, 0) is 0 Å². The van der Waals surface area contributed by atoms with Crippen molar-refractivity contribution < 1.29 is 8.83 Å². The highest BCUT2D eigenvalue weighted by Gasteiger charge is 2.19. The molecule has 3 aromatic heterocycles. The second-order valence-electron chi connectivity index (χ2n) is 12.4. The third kappa shape index (κ3) is 4.75. The lowest BCUT2D eigenvalue weighted by Crippen LogP contribution is -2.00. The Morgan fingerprint density at radius 2 is 0.820 bits per heavy atom. The number of para-hydroxylation sites is 1. The fourth-order valence-corrected chi connectivity index (χ4v) is 6.91. The van der Waals surface area contributed by atoms with Crippen molar-refractivity contribution in [2.75, 3.05) is 0 Å². The van der Waals surface area contributed by atoms with Crippen LogP contribution in [-0.4, -0.2) is 15.0 Å². The van der Waals surface area contributed by atoms with E-state index >= 15 is 0 Å². The van der Waals surface area contributed by atoms with Crippen molar-refractivity contribution in [3.8, 4) is 56.4 Å². The first-order valence-electron chi connectivity index (χ1n) is 16.6. The summed E-state index contributed by atoms with van der Waals surface area (Å²) in [5.41, 5.74) is 10.5. The van der Waals surface area contributed by atoms with Gasteiger partial charge < -0.3 is 8.83 Å². The zero-order valence-corrected chi connectivity index (χ0v) is 26.7. The second kappa shape index (κ2) is 11.4. The smallest absolute Gasteiger partial charge is 0.164 e. The molecule has 0 unspecified atom stereocenters. The largest absolute Gasteiger partial charge is 0.456 e. The van der Waals surface area contributed by atoms with E-state index in [0.717, 1.165) is 82.8 Å². The number of benzene rings is 7. The third-order valence-electron chi connectivity index (χ3n) is 9.34. The van der Waals surface area contributed by atoms with E-state index in [2.05, 4.69) is 84.9 Å². The average Bonchev–Trinajstić information content (AvgIpc) is 3.76. The van der Waals surface area contributed by atoms with Gasteiger partial charge in [0.05, 0.1) is 0 Å². The van der Waals surface area contributed by atoms with Crippen LogP contribution in [0.5, 0.6) is 0 Å². The predicted molar refractivity (Wildman–Crippen MR) is 202 cm³/mol. The number of hydrogen-bond acceptors (Lipinski definition) is 5. The Morgan fingerprint density at radius 1 is 0.300 bits per heavy atom. The molecule has 0 amide bonds. The molecular formula is C45H27N3O2. The minimum Gasteiger partial charge on any atom is -0.456 e. The number of nitrogens with zero attached hydrogens (tertiary/aromatic N) is 3. The molecule has 234 valence electrons. The summed E-state index contributed by atoms with van der Waals surface area (Å²) in [6, 6.07) is 55.8. The second-order valence-corrected chi connectivity index (χ2v) is 12.4. The molecule has 3 heterocycles. The Labute approximate surface area is 287 Å². The summed E-state index contributed by atoms with van der Waals surface area (Å²) in [6.07, 6.45) is 0. The quantitative estimate of drug-likeness (QED) is 0.187. The van der Waals surface area contributed by atoms with Crippen LogP contribution in [0.1, 0.15) is 0 Å². The molecule has 0 aliphatic heterocycles. The normalized spacial score (nSPS) is 11.6. The fourth-order valence-electron chi connectivity index (χ4n) is 6.91. The molecular weight excluding hydrogens is 615 g/mol. The summed E-state index contributed by atoms with van der Waals surface area (Å²) in [6.45, 7) is 0. The van der Waals surface area contributed by atoms with Gasteiger partial charge in [-0.1, -0.05) is 121 Å². The minimum absolute atomic E-state index is 0.587. The standard InChI is InChI=1S/C45H27N3O2/c1-3-11-28(12-4-1)31-21-24-40-37(27-31)42-35(18-10-20-41(42)50-40)45-47-43(29-13-5-2-6-14-29)46-44(48-45)33-16-9-15-30(25-33)32-22-23-39-36(26-32)34-17-7-8-19-38(34)49-39/h1-27H. The zero-order valence-electron chi connectivity index (χ0n) is 26.7. The van der Waals surface area contributed by atoms with E-state index in [-0.39, 0.29) is 0 Å². The van der Waals surface area contributed by atoms with Gasteiger partial charge in [0, 0.05) is 38.2 Å². The van der Waals surface area contributed by atoms with Gasteiger partial charge in [0.2, 0.25) is 0 Å². The number of fused-ring (bicyclic) bond motifs is 6. The molecule has 0 aliphatic carbocycles. The number of hydrogen-bond donors (Lipinski definition) is 0. The van der Waals surface area contributed by atoms with E-state index in [1.54, 1.807) is 0 Å². The molecule has 0 aliphatic rings. The molecule has 50 heavy (non-hydrogen) atoms. The summed E-state index contributed by atoms with van der Waals surface area (Å²) >= 11 is 0. The summed E-state index contributed by atoms with van der Waals surface area (Å²) in [5.74, 6) is 1.79. The van der Waals surface area contributed by atoms with Crippen LogP contribution >= 0.6 is 0 Å². The molecule has 5 nitrogen and oxygen atoms in total. The van der Waals surface area contributed by atoms with E-state index in [1.807, 2.05) is 78.9 Å². The molecule has 0 saturated carbocycles. The van der Waals surface area contributed by atoms with Gasteiger partial charge in [0.1, 0.15) is 22.3 Å². The van der Waals surface area contributed by atoms with E-state index in [0.29, 0.717) is 17.5 Å².